The van der Waals surface area contributed by atoms with Gasteiger partial charge in [-0.05, 0) is 55.3 Å². The summed E-state index contributed by atoms with van der Waals surface area (Å²) >= 11 is 2.81. The van der Waals surface area contributed by atoms with Crippen LogP contribution in [0.25, 0.3) is 5.69 Å². The number of thioether (sulfide) groups is 2. The maximum atomic E-state index is 13.2. The zero-order valence-electron chi connectivity index (χ0n) is 18.1. The Bertz CT molecular complexity index is 1160. The maximum Gasteiger partial charge on any atom is 0.272 e. The van der Waals surface area contributed by atoms with Gasteiger partial charge < -0.3 is 10.1 Å². The Morgan fingerprint density at radius 2 is 1.91 bits per heavy atom. The molecule has 0 spiro atoms. The molecule has 6 nitrogen and oxygen atoms in total. The van der Waals surface area contributed by atoms with Gasteiger partial charge in [-0.1, -0.05) is 30.8 Å². The number of amides is 1. The molecule has 2 aromatic carbocycles. The Kier molecular flexibility index (Phi) is 7.22. The van der Waals surface area contributed by atoms with Gasteiger partial charge in [0.15, 0.2) is 5.16 Å². The van der Waals surface area contributed by atoms with Crippen LogP contribution in [0.5, 0.6) is 5.75 Å². The highest BCUT2D eigenvalue weighted by molar-refractivity contribution is 8.00. The van der Waals surface area contributed by atoms with Crippen LogP contribution < -0.4 is 15.6 Å². The number of nitrogens with one attached hydrogen (secondary N) is 1. The van der Waals surface area contributed by atoms with E-state index in [4.69, 9.17) is 9.72 Å². The number of ether oxygens (including phenoxy) is 1. The molecule has 0 unspecified atom stereocenters. The van der Waals surface area contributed by atoms with E-state index >= 15 is 0 Å². The van der Waals surface area contributed by atoms with E-state index in [-0.39, 0.29) is 17.2 Å². The number of nitrogens with zero attached hydrogens (tertiary/aromatic N) is 2. The molecule has 0 saturated heterocycles. The van der Waals surface area contributed by atoms with Crippen molar-refractivity contribution in [2.45, 2.75) is 36.7 Å². The van der Waals surface area contributed by atoms with Crippen LogP contribution in [0.3, 0.4) is 0 Å². The fourth-order valence-electron chi connectivity index (χ4n) is 3.43. The molecule has 8 heteroatoms. The summed E-state index contributed by atoms with van der Waals surface area (Å²) in [5, 5.41) is 3.44. The third kappa shape index (κ3) is 5.02. The van der Waals surface area contributed by atoms with Crippen molar-refractivity contribution in [1.82, 2.24) is 9.55 Å². The van der Waals surface area contributed by atoms with Crippen LogP contribution in [-0.4, -0.2) is 33.6 Å². The monoisotopic (exact) mass is 467 g/mol. The van der Waals surface area contributed by atoms with E-state index < -0.39 is 0 Å². The fourth-order valence-corrected chi connectivity index (χ4v) is 5.28. The first-order chi connectivity index (χ1) is 15.6. The molecule has 0 atom stereocenters. The molecule has 0 radical (unpaired) electrons. The number of aromatic nitrogens is 2. The normalized spacial score (nSPS) is 12.4. The highest BCUT2D eigenvalue weighted by Crippen LogP contribution is 2.30. The third-order valence-electron chi connectivity index (χ3n) is 5.05. The molecule has 1 aliphatic heterocycles. The molecule has 3 aromatic rings. The molecule has 2 heterocycles. The average Bonchev–Trinajstić information content (AvgIpc) is 3.28. The first-order valence-corrected chi connectivity index (χ1v) is 12.6. The molecule has 0 saturated carbocycles. The number of rotatable bonds is 8. The predicted molar refractivity (Wildman–Crippen MR) is 131 cm³/mol. The van der Waals surface area contributed by atoms with Crippen molar-refractivity contribution >= 4 is 35.1 Å². The van der Waals surface area contributed by atoms with Crippen molar-refractivity contribution in [2.24, 2.45) is 0 Å². The lowest BCUT2D eigenvalue weighted by molar-refractivity contribution is -0.113. The molecule has 1 aliphatic rings. The average molecular weight is 468 g/mol. The van der Waals surface area contributed by atoms with Crippen molar-refractivity contribution < 1.29 is 9.53 Å². The summed E-state index contributed by atoms with van der Waals surface area (Å²) < 4.78 is 7.11. The van der Waals surface area contributed by atoms with Gasteiger partial charge >= 0.3 is 0 Å². The second-order valence-electron chi connectivity index (χ2n) is 7.22. The molecule has 4 rings (SSSR count). The fraction of sp³-hybridized carbons (Fsp3) is 0.292. The summed E-state index contributed by atoms with van der Waals surface area (Å²) in [7, 11) is 0. The quantitative estimate of drug-likeness (QED) is 0.386. The maximum absolute atomic E-state index is 13.2. The number of hydrogen-bond donors (Lipinski definition) is 1. The van der Waals surface area contributed by atoms with E-state index in [2.05, 4.69) is 12.2 Å². The Labute approximate surface area is 195 Å². The molecule has 0 aliphatic carbocycles. The molecule has 0 fully saturated rings. The van der Waals surface area contributed by atoms with E-state index in [0.717, 1.165) is 35.7 Å². The van der Waals surface area contributed by atoms with Gasteiger partial charge in [-0.3, -0.25) is 14.2 Å². The molecular formula is C24H25N3O3S2. The Morgan fingerprint density at radius 3 is 2.59 bits per heavy atom. The van der Waals surface area contributed by atoms with Crippen LogP contribution in [0, 0.1) is 0 Å². The van der Waals surface area contributed by atoms with Crippen LogP contribution in [0.4, 0.5) is 5.69 Å². The lowest BCUT2D eigenvalue weighted by Crippen LogP contribution is -2.24. The molecule has 166 valence electrons. The molecular weight excluding hydrogens is 442 g/mol. The highest BCUT2D eigenvalue weighted by Gasteiger charge is 2.23. The van der Waals surface area contributed by atoms with Crippen molar-refractivity contribution in [2.75, 3.05) is 23.4 Å². The largest absolute Gasteiger partial charge is 0.494 e. The third-order valence-corrected chi connectivity index (χ3v) is 7.10. The number of hydrogen-bond acceptors (Lipinski definition) is 6. The van der Waals surface area contributed by atoms with Gasteiger partial charge in [-0.2, -0.15) is 0 Å². The van der Waals surface area contributed by atoms with Gasteiger partial charge in [0.05, 0.1) is 28.6 Å². The smallest absolute Gasteiger partial charge is 0.272 e. The van der Waals surface area contributed by atoms with Gasteiger partial charge in [-0.25, -0.2) is 4.98 Å². The minimum Gasteiger partial charge on any atom is -0.494 e. The van der Waals surface area contributed by atoms with Crippen molar-refractivity contribution in [3.8, 4) is 11.4 Å². The SMILES string of the molecule is CCOc1ccc(-n2c(SCC(=O)Nc3ccc(CC)cc3)nc3c(c2=O)SCC3)cc1. The molecule has 0 bridgehead atoms. The van der Waals surface area contributed by atoms with Gasteiger partial charge in [0, 0.05) is 17.9 Å². The number of fused-ring (bicyclic) bond motifs is 1. The van der Waals surface area contributed by atoms with E-state index in [1.54, 1.807) is 16.3 Å². The predicted octanol–water partition coefficient (Wildman–Crippen LogP) is 4.57. The Balaban J connectivity index is 1.56. The zero-order chi connectivity index (χ0) is 22.5. The standard InChI is InChI=1S/C24H25N3O3S2/c1-3-16-5-7-17(8-6-16)25-21(28)15-32-24-26-20-13-14-31-22(20)23(29)27(24)18-9-11-19(12-10-18)30-4-2/h5-12H,3-4,13-15H2,1-2H3,(H,25,28). The van der Waals surface area contributed by atoms with E-state index in [0.29, 0.717) is 22.3 Å². The van der Waals surface area contributed by atoms with Crippen LogP contribution in [-0.2, 0) is 17.6 Å². The van der Waals surface area contributed by atoms with Gasteiger partial charge in [0.1, 0.15) is 5.75 Å². The van der Waals surface area contributed by atoms with E-state index in [1.807, 2.05) is 55.5 Å². The van der Waals surface area contributed by atoms with Crippen molar-refractivity contribution in [3.63, 3.8) is 0 Å². The molecule has 1 aromatic heterocycles. The van der Waals surface area contributed by atoms with Gasteiger partial charge in [0.25, 0.3) is 5.56 Å². The summed E-state index contributed by atoms with van der Waals surface area (Å²) in [6.07, 6.45) is 1.72. The Morgan fingerprint density at radius 1 is 1.16 bits per heavy atom. The first-order valence-electron chi connectivity index (χ1n) is 10.6. The number of anilines is 1. The van der Waals surface area contributed by atoms with Crippen LogP contribution in [0.2, 0.25) is 0 Å². The number of carbonyl (C=O) groups excluding carboxylic acids is 1. The lowest BCUT2D eigenvalue weighted by atomic mass is 10.1. The van der Waals surface area contributed by atoms with Crippen LogP contribution in [0.15, 0.2) is 63.4 Å². The second kappa shape index (κ2) is 10.3. The summed E-state index contributed by atoms with van der Waals surface area (Å²) in [4.78, 5) is 31.2. The van der Waals surface area contributed by atoms with Crippen molar-refractivity contribution in [1.29, 1.82) is 0 Å². The molecule has 1 amide bonds. The minimum atomic E-state index is -0.137. The number of benzene rings is 2. The molecule has 32 heavy (non-hydrogen) atoms. The van der Waals surface area contributed by atoms with Gasteiger partial charge in [0.2, 0.25) is 5.91 Å². The number of carbonyl (C=O) groups is 1. The van der Waals surface area contributed by atoms with E-state index in [9.17, 15) is 9.59 Å². The second-order valence-corrected chi connectivity index (χ2v) is 9.27. The Hall–Kier alpha value is -2.71. The zero-order valence-corrected chi connectivity index (χ0v) is 19.7. The lowest BCUT2D eigenvalue weighted by Gasteiger charge is -2.14. The summed E-state index contributed by atoms with van der Waals surface area (Å²) in [6, 6.07) is 15.2. The van der Waals surface area contributed by atoms with E-state index in [1.165, 1.54) is 17.3 Å². The highest BCUT2D eigenvalue weighted by atomic mass is 32.2. The summed E-state index contributed by atoms with van der Waals surface area (Å²) in [5.41, 5.74) is 3.42. The summed E-state index contributed by atoms with van der Waals surface area (Å²) in [5.74, 6) is 1.62. The van der Waals surface area contributed by atoms with Gasteiger partial charge in [-0.15, -0.1) is 11.8 Å². The van der Waals surface area contributed by atoms with Crippen LogP contribution in [0.1, 0.15) is 25.1 Å². The first kappa shape index (κ1) is 22.5. The number of aryl methyl sites for hydroxylation is 2. The van der Waals surface area contributed by atoms with Crippen molar-refractivity contribution in [3.05, 3.63) is 70.1 Å². The topological polar surface area (TPSA) is 73.2 Å². The minimum absolute atomic E-state index is 0.0836. The molecule has 1 N–H and O–H groups in total. The van der Waals surface area contributed by atoms with Crippen LogP contribution >= 0.6 is 23.5 Å². The summed E-state index contributed by atoms with van der Waals surface area (Å²) in [6.45, 7) is 4.60.